The molecule has 2 N–H and O–H groups in total. The Morgan fingerprint density at radius 1 is 1.43 bits per heavy atom. The maximum absolute atomic E-state index is 11.5. The molecule has 0 aliphatic carbocycles. The highest BCUT2D eigenvalue weighted by Crippen LogP contribution is 2.37. The molecule has 2 heterocycles. The van der Waals surface area contributed by atoms with Gasteiger partial charge >= 0.3 is 0 Å². The van der Waals surface area contributed by atoms with E-state index < -0.39 is 0 Å². The first-order valence-electron chi connectivity index (χ1n) is 8.11. The number of aromatic hydroxyl groups is 1. The lowest BCUT2D eigenvalue weighted by Crippen LogP contribution is -2.41. The van der Waals surface area contributed by atoms with Gasteiger partial charge in [-0.2, -0.15) is 0 Å². The molecule has 1 aromatic rings. The second-order valence-electron chi connectivity index (χ2n) is 6.92. The number of nitrogens with zero attached hydrogens (tertiary/aromatic N) is 1. The summed E-state index contributed by atoms with van der Waals surface area (Å²) in [5.41, 5.74) is 2.14. The van der Waals surface area contributed by atoms with E-state index in [4.69, 9.17) is 11.6 Å². The molecule has 2 saturated heterocycles. The molecular weight excluding hydrogens is 312 g/mol. The van der Waals surface area contributed by atoms with Crippen molar-refractivity contribution in [3.8, 4) is 5.75 Å². The minimum atomic E-state index is 0.191. The first-order chi connectivity index (χ1) is 11.0. The van der Waals surface area contributed by atoms with Gasteiger partial charge in [-0.1, -0.05) is 23.3 Å². The van der Waals surface area contributed by atoms with Crippen LogP contribution in [-0.4, -0.2) is 42.1 Å². The zero-order valence-electron chi connectivity index (χ0n) is 13.4. The van der Waals surface area contributed by atoms with Gasteiger partial charge in [-0.05, 0) is 56.5 Å². The number of carbonyl (C=O) groups excluding carboxylic acids is 1. The molecule has 4 nitrogen and oxygen atoms in total. The molecule has 1 spiro atoms. The van der Waals surface area contributed by atoms with Crippen LogP contribution in [0.2, 0.25) is 5.02 Å². The normalized spacial score (nSPS) is 21.7. The molecular formula is C18H23ClN2O2. The zero-order chi connectivity index (χ0) is 16.4. The molecule has 0 bridgehead atoms. The first-order valence-corrected chi connectivity index (χ1v) is 8.48. The quantitative estimate of drug-likeness (QED) is 0.893. The van der Waals surface area contributed by atoms with Crippen LogP contribution in [-0.2, 0) is 4.79 Å². The first kappa shape index (κ1) is 16.3. The smallest absolute Gasteiger partial charge is 0.220 e. The number of rotatable bonds is 3. The number of hydrogen-bond acceptors (Lipinski definition) is 3. The van der Waals surface area contributed by atoms with Gasteiger partial charge in [0.1, 0.15) is 5.75 Å². The Bertz CT molecular complexity index is 634. The van der Waals surface area contributed by atoms with Crippen LogP contribution >= 0.6 is 11.6 Å². The summed E-state index contributed by atoms with van der Waals surface area (Å²) < 4.78 is 0. The molecule has 23 heavy (non-hydrogen) atoms. The van der Waals surface area contributed by atoms with E-state index in [1.807, 2.05) is 6.08 Å². The monoisotopic (exact) mass is 334 g/mol. The lowest BCUT2D eigenvalue weighted by atomic mass is 9.77. The molecule has 0 radical (unpaired) electrons. The molecule has 2 fully saturated rings. The van der Waals surface area contributed by atoms with E-state index in [-0.39, 0.29) is 17.1 Å². The van der Waals surface area contributed by atoms with Gasteiger partial charge in [0.2, 0.25) is 5.91 Å². The Balaban J connectivity index is 1.59. The number of piperidine rings is 1. The summed E-state index contributed by atoms with van der Waals surface area (Å²) >= 11 is 5.99. The van der Waals surface area contributed by atoms with Crippen molar-refractivity contribution < 1.29 is 9.90 Å². The van der Waals surface area contributed by atoms with E-state index in [0.717, 1.165) is 44.6 Å². The second kappa shape index (κ2) is 6.54. The van der Waals surface area contributed by atoms with Crippen LogP contribution in [0.3, 0.4) is 0 Å². The number of phenolic OH excluding ortho intramolecular Hbond substituents is 1. The van der Waals surface area contributed by atoms with E-state index in [1.54, 1.807) is 18.2 Å². The highest BCUT2D eigenvalue weighted by atomic mass is 35.5. The molecule has 1 aromatic carbocycles. The van der Waals surface area contributed by atoms with Gasteiger partial charge in [-0.25, -0.2) is 0 Å². The average Bonchev–Trinajstić information content (AvgIpc) is 2.87. The summed E-state index contributed by atoms with van der Waals surface area (Å²) in [6, 6.07) is 5.09. The number of halogens is 1. The predicted octanol–water partition coefficient (Wildman–Crippen LogP) is 3.05. The number of carbonyl (C=O) groups is 1. The van der Waals surface area contributed by atoms with Crippen LogP contribution in [0.4, 0.5) is 0 Å². The molecule has 0 aromatic heterocycles. The molecule has 0 saturated carbocycles. The van der Waals surface area contributed by atoms with E-state index in [1.165, 1.54) is 5.57 Å². The van der Waals surface area contributed by atoms with E-state index >= 15 is 0 Å². The summed E-state index contributed by atoms with van der Waals surface area (Å²) in [6.45, 7) is 5.82. The summed E-state index contributed by atoms with van der Waals surface area (Å²) in [5.74, 6) is 0.452. The van der Waals surface area contributed by atoms with Crippen LogP contribution in [0.5, 0.6) is 5.75 Å². The van der Waals surface area contributed by atoms with Crippen LogP contribution in [0.25, 0.3) is 6.08 Å². The minimum absolute atomic E-state index is 0.191. The lowest BCUT2D eigenvalue weighted by Gasteiger charge is -2.38. The van der Waals surface area contributed by atoms with Gasteiger partial charge in [0.25, 0.3) is 0 Å². The molecule has 0 atom stereocenters. The SMILES string of the molecule is CC(=Cc1cc(Cl)ccc1O)CN1CCC2(CC1)CNC(=O)C2. The fraction of sp³-hybridized carbons (Fsp3) is 0.500. The summed E-state index contributed by atoms with van der Waals surface area (Å²) in [5, 5.41) is 13.5. The number of phenols is 1. The van der Waals surface area contributed by atoms with Crippen molar-refractivity contribution >= 4 is 23.6 Å². The highest BCUT2D eigenvalue weighted by Gasteiger charge is 2.40. The van der Waals surface area contributed by atoms with Gasteiger partial charge < -0.3 is 10.4 Å². The maximum atomic E-state index is 11.5. The van der Waals surface area contributed by atoms with Crippen LogP contribution < -0.4 is 5.32 Å². The predicted molar refractivity (Wildman–Crippen MR) is 92.5 cm³/mol. The van der Waals surface area contributed by atoms with Crippen molar-refractivity contribution in [1.29, 1.82) is 0 Å². The van der Waals surface area contributed by atoms with Crippen molar-refractivity contribution in [2.75, 3.05) is 26.2 Å². The standard InChI is InChI=1S/C18H23ClN2O2/c1-13(8-14-9-15(19)2-3-16(14)22)11-21-6-4-18(5-7-21)10-17(23)20-12-18/h2-3,8-9,22H,4-7,10-12H2,1H3,(H,20,23). The number of benzene rings is 1. The van der Waals surface area contributed by atoms with E-state index in [0.29, 0.717) is 11.4 Å². The number of likely N-dealkylation sites (tertiary alicyclic amines) is 1. The third kappa shape index (κ3) is 3.88. The maximum Gasteiger partial charge on any atom is 0.220 e. The van der Waals surface area contributed by atoms with Crippen molar-refractivity contribution in [2.45, 2.75) is 26.2 Å². The molecule has 3 rings (SSSR count). The number of amides is 1. The Hall–Kier alpha value is -1.52. The fourth-order valence-corrected chi connectivity index (χ4v) is 3.78. The largest absolute Gasteiger partial charge is 0.507 e. The third-order valence-electron chi connectivity index (χ3n) is 4.98. The molecule has 2 aliphatic rings. The van der Waals surface area contributed by atoms with Crippen LogP contribution in [0.15, 0.2) is 23.8 Å². The topological polar surface area (TPSA) is 52.6 Å². The molecule has 5 heteroatoms. The van der Waals surface area contributed by atoms with Crippen molar-refractivity contribution in [3.63, 3.8) is 0 Å². The van der Waals surface area contributed by atoms with Gasteiger partial charge in [-0.3, -0.25) is 9.69 Å². The van der Waals surface area contributed by atoms with Gasteiger partial charge in [0, 0.05) is 30.1 Å². The van der Waals surface area contributed by atoms with Gasteiger partial charge in [0.05, 0.1) is 0 Å². The van der Waals surface area contributed by atoms with Gasteiger partial charge in [-0.15, -0.1) is 0 Å². The average molecular weight is 335 g/mol. The van der Waals surface area contributed by atoms with Crippen molar-refractivity contribution in [3.05, 3.63) is 34.4 Å². The molecule has 1 amide bonds. The summed E-state index contributed by atoms with van der Waals surface area (Å²) in [4.78, 5) is 13.9. The Morgan fingerprint density at radius 3 is 2.83 bits per heavy atom. The zero-order valence-corrected chi connectivity index (χ0v) is 14.2. The van der Waals surface area contributed by atoms with E-state index in [9.17, 15) is 9.90 Å². The lowest BCUT2D eigenvalue weighted by molar-refractivity contribution is -0.119. The summed E-state index contributed by atoms with van der Waals surface area (Å²) in [7, 11) is 0. The van der Waals surface area contributed by atoms with Crippen LogP contribution in [0, 0.1) is 5.41 Å². The fourth-order valence-electron chi connectivity index (χ4n) is 3.60. The molecule has 0 unspecified atom stereocenters. The van der Waals surface area contributed by atoms with Crippen LogP contribution in [0.1, 0.15) is 31.7 Å². The third-order valence-corrected chi connectivity index (χ3v) is 5.21. The highest BCUT2D eigenvalue weighted by molar-refractivity contribution is 6.30. The summed E-state index contributed by atoms with van der Waals surface area (Å²) in [6.07, 6.45) is 4.82. The Kier molecular flexibility index (Phi) is 4.64. The molecule has 2 aliphatic heterocycles. The minimum Gasteiger partial charge on any atom is -0.507 e. The second-order valence-corrected chi connectivity index (χ2v) is 7.36. The number of hydrogen-bond donors (Lipinski definition) is 2. The Morgan fingerprint density at radius 2 is 2.17 bits per heavy atom. The molecule has 124 valence electrons. The number of nitrogens with one attached hydrogen (secondary N) is 1. The van der Waals surface area contributed by atoms with Crippen molar-refractivity contribution in [2.24, 2.45) is 5.41 Å². The van der Waals surface area contributed by atoms with E-state index in [2.05, 4.69) is 17.1 Å². The van der Waals surface area contributed by atoms with Gasteiger partial charge in [0.15, 0.2) is 0 Å². The van der Waals surface area contributed by atoms with Crippen molar-refractivity contribution in [1.82, 2.24) is 10.2 Å². The Labute approximate surface area is 142 Å².